The van der Waals surface area contributed by atoms with Crippen LogP contribution in [0.25, 0.3) is 0 Å². The minimum Gasteiger partial charge on any atom is -0.317 e. The molecular formula is C6H11N3S. The molecule has 2 rings (SSSR count). The third kappa shape index (κ3) is 3.53. The lowest BCUT2D eigenvalue weighted by molar-refractivity contribution is 0.857. The molecule has 56 valence electrons. The lowest BCUT2D eigenvalue weighted by Gasteiger charge is -1.76. The van der Waals surface area contributed by atoms with Crippen LogP contribution in [0, 0.1) is 0 Å². The van der Waals surface area contributed by atoms with E-state index in [1.165, 1.54) is 37.5 Å². The van der Waals surface area contributed by atoms with Gasteiger partial charge in [0.2, 0.25) is 0 Å². The van der Waals surface area contributed by atoms with Crippen molar-refractivity contribution in [2.75, 3.05) is 13.1 Å². The number of hydrogen-bond donors (Lipinski definition) is 1. The highest BCUT2D eigenvalue weighted by Crippen LogP contribution is 1.90. The zero-order chi connectivity index (χ0) is 7.07. The maximum absolute atomic E-state index is 3.51. The molecule has 2 heterocycles. The van der Waals surface area contributed by atoms with Gasteiger partial charge in [0.1, 0.15) is 0 Å². The van der Waals surface area contributed by atoms with E-state index < -0.39 is 0 Å². The van der Waals surface area contributed by atoms with Crippen molar-refractivity contribution >= 4 is 11.5 Å². The van der Waals surface area contributed by atoms with Crippen molar-refractivity contribution in [2.24, 2.45) is 0 Å². The standard InChI is InChI=1S/C4H9N.C2H2N2S/c1-2-4-5-3-1;1-2-5-4-3-1/h5H,1-4H2;1-2H. The molecule has 1 aromatic rings. The van der Waals surface area contributed by atoms with Gasteiger partial charge < -0.3 is 5.32 Å². The van der Waals surface area contributed by atoms with Crippen LogP contribution in [0.2, 0.25) is 0 Å². The zero-order valence-electron chi connectivity index (χ0n) is 5.79. The molecule has 0 saturated carbocycles. The first-order valence-corrected chi connectivity index (χ1v) is 4.25. The van der Waals surface area contributed by atoms with E-state index in [1.807, 2.05) is 5.38 Å². The third-order valence-corrected chi connectivity index (χ3v) is 1.67. The Morgan fingerprint density at radius 2 is 2.10 bits per heavy atom. The third-order valence-electron chi connectivity index (χ3n) is 1.24. The second kappa shape index (κ2) is 5.32. The second-order valence-corrected chi connectivity index (χ2v) is 2.69. The van der Waals surface area contributed by atoms with Gasteiger partial charge in [0.05, 0.1) is 6.20 Å². The minimum absolute atomic E-state index is 1.25. The Morgan fingerprint density at radius 1 is 1.30 bits per heavy atom. The van der Waals surface area contributed by atoms with Gasteiger partial charge >= 0.3 is 0 Å². The Kier molecular flexibility index (Phi) is 4.05. The highest BCUT2D eigenvalue weighted by Gasteiger charge is 1.93. The SMILES string of the molecule is C1CCNC1.c1csnn1. The molecule has 0 spiro atoms. The predicted octanol–water partition coefficient (Wildman–Crippen LogP) is 0.908. The van der Waals surface area contributed by atoms with Crippen LogP contribution >= 0.6 is 11.5 Å². The maximum atomic E-state index is 3.51. The molecule has 1 aliphatic rings. The van der Waals surface area contributed by atoms with Gasteiger partial charge in [0.15, 0.2) is 0 Å². The van der Waals surface area contributed by atoms with Crippen molar-refractivity contribution in [2.45, 2.75) is 12.8 Å². The summed E-state index contributed by atoms with van der Waals surface area (Å²) in [5.41, 5.74) is 0. The highest BCUT2D eigenvalue weighted by atomic mass is 32.1. The smallest absolute Gasteiger partial charge is 0.0620 e. The second-order valence-electron chi connectivity index (χ2n) is 2.04. The van der Waals surface area contributed by atoms with E-state index in [9.17, 15) is 0 Å². The molecule has 0 unspecified atom stereocenters. The molecule has 0 atom stereocenters. The molecule has 0 radical (unpaired) electrons. The van der Waals surface area contributed by atoms with Crippen LogP contribution in [-0.4, -0.2) is 22.7 Å². The highest BCUT2D eigenvalue weighted by molar-refractivity contribution is 7.03. The molecule has 4 heteroatoms. The average Bonchev–Trinajstić information content (AvgIpc) is 2.67. The van der Waals surface area contributed by atoms with Crippen LogP contribution in [0.5, 0.6) is 0 Å². The first-order chi connectivity index (χ1) is 5.00. The normalized spacial score (nSPS) is 16.0. The predicted molar refractivity (Wildman–Crippen MR) is 42.0 cm³/mol. The fourth-order valence-electron chi connectivity index (χ4n) is 0.761. The van der Waals surface area contributed by atoms with E-state index in [2.05, 4.69) is 14.9 Å². The Hall–Kier alpha value is -0.480. The molecule has 3 nitrogen and oxygen atoms in total. The maximum Gasteiger partial charge on any atom is 0.0620 e. The fraction of sp³-hybridized carbons (Fsp3) is 0.667. The van der Waals surface area contributed by atoms with Crippen molar-refractivity contribution in [1.82, 2.24) is 14.9 Å². The summed E-state index contributed by atoms with van der Waals surface area (Å²) in [4.78, 5) is 0. The van der Waals surface area contributed by atoms with Gasteiger partial charge in [0, 0.05) is 5.38 Å². The molecule has 0 bridgehead atoms. The van der Waals surface area contributed by atoms with Gasteiger partial charge in [-0.15, -0.1) is 5.10 Å². The summed E-state index contributed by atoms with van der Waals surface area (Å²) in [7, 11) is 0. The largest absolute Gasteiger partial charge is 0.317 e. The Balaban J connectivity index is 0.0000001000. The summed E-state index contributed by atoms with van der Waals surface area (Å²) in [5.74, 6) is 0. The van der Waals surface area contributed by atoms with Gasteiger partial charge in [-0.25, -0.2) is 0 Å². The average molecular weight is 157 g/mol. The first kappa shape index (κ1) is 7.63. The molecule has 1 saturated heterocycles. The summed E-state index contributed by atoms with van der Waals surface area (Å²) < 4.78 is 3.51. The lowest BCUT2D eigenvalue weighted by atomic mass is 10.4. The van der Waals surface area contributed by atoms with E-state index in [4.69, 9.17) is 0 Å². The van der Waals surface area contributed by atoms with E-state index in [1.54, 1.807) is 6.20 Å². The van der Waals surface area contributed by atoms with E-state index in [-0.39, 0.29) is 0 Å². The summed E-state index contributed by atoms with van der Waals surface area (Å²) in [6, 6.07) is 0. The molecule has 1 aliphatic heterocycles. The molecule has 0 aliphatic carbocycles. The van der Waals surface area contributed by atoms with Crippen LogP contribution in [0.15, 0.2) is 11.6 Å². The fourth-order valence-corrected chi connectivity index (χ4v) is 1.03. The Labute approximate surface area is 64.6 Å². The van der Waals surface area contributed by atoms with Crippen LogP contribution in [0.4, 0.5) is 0 Å². The van der Waals surface area contributed by atoms with Gasteiger partial charge in [-0.05, 0) is 37.5 Å². The molecule has 0 aromatic carbocycles. The summed E-state index contributed by atoms with van der Waals surface area (Å²) in [6.07, 6.45) is 4.44. The molecular weight excluding hydrogens is 146 g/mol. The Morgan fingerprint density at radius 3 is 2.30 bits per heavy atom. The number of aromatic nitrogens is 2. The van der Waals surface area contributed by atoms with Crippen molar-refractivity contribution in [3.05, 3.63) is 11.6 Å². The summed E-state index contributed by atoms with van der Waals surface area (Å²) in [5, 5.41) is 8.53. The van der Waals surface area contributed by atoms with Crippen LogP contribution in [-0.2, 0) is 0 Å². The van der Waals surface area contributed by atoms with Gasteiger partial charge in [-0.1, -0.05) is 4.49 Å². The van der Waals surface area contributed by atoms with Gasteiger partial charge in [0.25, 0.3) is 0 Å². The molecule has 10 heavy (non-hydrogen) atoms. The number of nitrogens with one attached hydrogen (secondary N) is 1. The molecule has 1 fully saturated rings. The van der Waals surface area contributed by atoms with Gasteiger partial charge in [-0.3, -0.25) is 0 Å². The van der Waals surface area contributed by atoms with Gasteiger partial charge in [-0.2, -0.15) is 0 Å². The van der Waals surface area contributed by atoms with Crippen LogP contribution in [0.1, 0.15) is 12.8 Å². The Bertz CT molecular complexity index is 112. The lowest BCUT2D eigenvalue weighted by Crippen LogP contribution is -2.03. The van der Waals surface area contributed by atoms with Crippen LogP contribution < -0.4 is 5.32 Å². The zero-order valence-corrected chi connectivity index (χ0v) is 6.60. The van der Waals surface area contributed by atoms with E-state index in [0.717, 1.165) is 0 Å². The summed E-state index contributed by atoms with van der Waals surface area (Å²) in [6.45, 7) is 2.50. The number of rotatable bonds is 0. The minimum atomic E-state index is 1.25. The monoisotopic (exact) mass is 157 g/mol. The van der Waals surface area contributed by atoms with E-state index in [0.29, 0.717) is 0 Å². The molecule has 1 aromatic heterocycles. The van der Waals surface area contributed by atoms with Crippen molar-refractivity contribution in [3.8, 4) is 0 Å². The van der Waals surface area contributed by atoms with E-state index >= 15 is 0 Å². The summed E-state index contributed by atoms with van der Waals surface area (Å²) >= 11 is 1.35. The molecule has 1 N–H and O–H groups in total. The quantitative estimate of drug-likeness (QED) is 0.608. The van der Waals surface area contributed by atoms with Crippen LogP contribution in [0.3, 0.4) is 0 Å². The topological polar surface area (TPSA) is 37.8 Å². The molecule has 0 amide bonds. The van der Waals surface area contributed by atoms with Crippen molar-refractivity contribution in [1.29, 1.82) is 0 Å². The number of nitrogens with zero attached hydrogens (tertiary/aromatic N) is 2. The van der Waals surface area contributed by atoms with Crippen molar-refractivity contribution < 1.29 is 0 Å². The first-order valence-electron chi connectivity index (χ1n) is 3.42. The number of hydrogen-bond acceptors (Lipinski definition) is 4. The van der Waals surface area contributed by atoms with Crippen molar-refractivity contribution in [3.63, 3.8) is 0 Å².